The second kappa shape index (κ2) is 3.80. The van der Waals surface area contributed by atoms with Gasteiger partial charge in [0.2, 0.25) is 0 Å². The summed E-state index contributed by atoms with van der Waals surface area (Å²) in [4.78, 5) is 0. The Kier molecular flexibility index (Phi) is 3.70. The third-order valence-electron chi connectivity index (χ3n) is 2.84. The minimum absolute atomic E-state index is 0.398. The van der Waals surface area contributed by atoms with Crippen LogP contribution in [0.15, 0.2) is 12.2 Å². The van der Waals surface area contributed by atoms with E-state index in [2.05, 4.69) is 34.3 Å². The molecule has 0 amide bonds. The van der Waals surface area contributed by atoms with Crippen LogP contribution in [0.2, 0.25) is 0 Å². The summed E-state index contributed by atoms with van der Waals surface area (Å²) in [6, 6.07) is 0. The smallest absolute Gasteiger partial charge is 0.0124 e. The molecule has 0 aromatic heterocycles. The van der Waals surface area contributed by atoms with Crippen LogP contribution in [0.4, 0.5) is 0 Å². The molecule has 0 aliphatic heterocycles. The van der Waals surface area contributed by atoms with Crippen LogP contribution in [0.3, 0.4) is 0 Å². The van der Waals surface area contributed by atoms with E-state index >= 15 is 0 Å². The Bertz CT molecular complexity index is 107. The van der Waals surface area contributed by atoms with E-state index in [1.807, 2.05) is 0 Å². The third-order valence-corrected chi connectivity index (χ3v) is 2.84. The molecule has 0 atom stereocenters. The van der Waals surface area contributed by atoms with Crippen LogP contribution in [-0.4, -0.2) is 0 Å². The molecule has 0 spiro atoms. The quantitative estimate of drug-likeness (QED) is 0.521. The van der Waals surface area contributed by atoms with Crippen LogP contribution in [0.25, 0.3) is 0 Å². The zero-order valence-corrected chi connectivity index (χ0v) is 7.83. The highest BCUT2D eigenvalue weighted by Crippen LogP contribution is 2.34. The highest BCUT2D eigenvalue weighted by Gasteiger charge is 2.21. The second-order valence-electron chi connectivity index (χ2n) is 3.22. The zero-order chi connectivity index (χ0) is 8.20. The topological polar surface area (TPSA) is 0 Å². The van der Waals surface area contributed by atoms with E-state index in [-0.39, 0.29) is 0 Å². The highest BCUT2D eigenvalue weighted by atomic mass is 14.3. The van der Waals surface area contributed by atoms with Gasteiger partial charge >= 0.3 is 0 Å². The monoisotopic (exact) mass is 140 g/mol. The van der Waals surface area contributed by atoms with Crippen molar-refractivity contribution >= 4 is 0 Å². The SMILES string of the molecule is C=C(CC)C(C)(CC)CC. The van der Waals surface area contributed by atoms with Gasteiger partial charge in [-0.05, 0) is 24.7 Å². The molecule has 0 rings (SSSR count). The van der Waals surface area contributed by atoms with Crippen molar-refractivity contribution in [3.63, 3.8) is 0 Å². The normalized spacial score (nSPS) is 11.6. The minimum Gasteiger partial charge on any atom is -0.0993 e. The Hall–Kier alpha value is -0.260. The number of allylic oxidation sites excluding steroid dienone is 1. The van der Waals surface area contributed by atoms with E-state index < -0.39 is 0 Å². The van der Waals surface area contributed by atoms with Crippen molar-refractivity contribution in [2.75, 3.05) is 0 Å². The van der Waals surface area contributed by atoms with Crippen molar-refractivity contribution < 1.29 is 0 Å². The van der Waals surface area contributed by atoms with Crippen molar-refractivity contribution in [3.05, 3.63) is 12.2 Å². The van der Waals surface area contributed by atoms with Crippen molar-refractivity contribution in [2.24, 2.45) is 5.41 Å². The van der Waals surface area contributed by atoms with Gasteiger partial charge in [-0.3, -0.25) is 0 Å². The van der Waals surface area contributed by atoms with Gasteiger partial charge in [0.15, 0.2) is 0 Å². The maximum absolute atomic E-state index is 4.09. The van der Waals surface area contributed by atoms with Crippen LogP contribution >= 0.6 is 0 Å². The van der Waals surface area contributed by atoms with Gasteiger partial charge in [0.25, 0.3) is 0 Å². The van der Waals surface area contributed by atoms with E-state index in [0.29, 0.717) is 5.41 Å². The van der Waals surface area contributed by atoms with Crippen molar-refractivity contribution in [3.8, 4) is 0 Å². The van der Waals surface area contributed by atoms with Crippen molar-refractivity contribution in [1.29, 1.82) is 0 Å². The Balaban J connectivity index is 4.17. The summed E-state index contributed by atoms with van der Waals surface area (Å²) in [5.74, 6) is 0. The standard InChI is InChI=1S/C10H20/c1-6-9(4)10(5,7-2)8-3/h4,6-8H2,1-3,5H3. The maximum atomic E-state index is 4.09. The molecular formula is C10H20. The second-order valence-corrected chi connectivity index (χ2v) is 3.22. The van der Waals surface area contributed by atoms with E-state index in [1.165, 1.54) is 18.4 Å². The fourth-order valence-electron chi connectivity index (χ4n) is 1.18. The van der Waals surface area contributed by atoms with Crippen LogP contribution in [0.5, 0.6) is 0 Å². The maximum Gasteiger partial charge on any atom is -0.0124 e. The lowest BCUT2D eigenvalue weighted by Gasteiger charge is -2.28. The number of hydrogen-bond acceptors (Lipinski definition) is 0. The molecule has 0 saturated heterocycles. The number of hydrogen-bond donors (Lipinski definition) is 0. The average molecular weight is 140 g/mol. The largest absolute Gasteiger partial charge is 0.0993 e. The molecule has 0 aromatic carbocycles. The Morgan fingerprint density at radius 3 is 1.70 bits per heavy atom. The van der Waals surface area contributed by atoms with Crippen molar-refractivity contribution in [2.45, 2.75) is 47.0 Å². The molecule has 0 aromatic rings. The first-order chi connectivity index (χ1) is 4.60. The lowest BCUT2D eigenvalue weighted by molar-refractivity contribution is 0.360. The summed E-state index contributed by atoms with van der Waals surface area (Å²) in [6.45, 7) is 13.1. The van der Waals surface area contributed by atoms with E-state index in [9.17, 15) is 0 Å². The summed E-state index contributed by atoms with van der Waals surface area (Å²) in [6.07, 6.45) is 3.56. The molecule has 0 radical (unpaired) electrons. The Labute approximate surface area is 65.3 Å². The van der Waals surface area contributed by atoms with E-state index in [0.717, 1.165) is 6.42 Å². The van der Waals surface area contributed by atoms with Crippen LogP contribution in [0, 0.1) is 5.41 Å². The molecule has 0 N–H and O–H groups in total. The molecule has 0 heteroatoms. The fraction of sp³-hybridized carbons (Fsp3) is 0.800. The molecule has 0 aliphatic rings. The van der Waals surface area contributed by atoms with Gasteiger partial charge in [0.1, 0.15) is 0 Å². The summed E-state index contributed by atoms with van der Waals surface area (Å²) in [5, 5.41) is 0. The van der Waals surface area contributed by atoms with Gasteiger partial charge in [-0.1, -0.05) is 39.8 Å². The molecule has 0 fully saturated rings. The van der Waals surface area contributed by atoms with Gasteiger partial charge in [-0.15, -0.1) is 0 Å². The molecule has 0 unspecified atom stereocenters. The predicted octanol–water partition coefficient (Wildman–Crippen LogP) is 3.78. The zero-order valence-electron chi connectivity index (χ0n) is 7.83. The molecule has 0 nitrogen and oxygen atoms in total. The first-order valence-electron chi connectivity index (χ1n) is 4.29. The summed E-state index contributed by atoms with van der Waals surface area (Å²) in [7, 11) is 0. The van der Waals surface area contributed by atoms with Gasteiger partial charge in [0.05, 0.1) is 0 Å². The molecule has 0 bridgehead atoms. The van der Waals surface area contributed by atoms with E-state index in [1.54, 1.807) is 0 Å². The molecule has 0 aliphatic carbocycles. The van der Waals surface area contributed by atoms with Gasteiger partial charge in [0, 0.05) is 0 Å². The van der Waals surface area contributed by atoms with Crippen LogP contribution < -0.4 is 0 Å². The molecule has 60 valence electrons. The Morgan fingerprint density at radius 1 is 1.20 bits per heavy atom. The Morgan fingerprint density at radius 2 is 1.60 bits per heavy atom. The summed E-state index contributed by atoms with van der Waals surface area (Å²) >= 11 is 0. The molecule has 0 saturated carbocycles. The first-order valence-corrected chi connectivity index (χ1v) is 4.29. The summed E-state index contributed by atoms with van der Waals surface area (Å²) < 4.78 is 0. The lowest BCUT2D eigenvalue weighted by Crippen LogP contribution is -2.15. The number of rotatable bonds is 4. The summed E-state index contributed by atoms with van der Waals surface area (Å²) in [5.41, 5.74) is 1.80. The first kappa shape index (κ1) is 9.74. The van der Waals surface area contributed by atoms with Gasteiger partial charge in [-0.25, -0.2) is 0 Å². The van der Waals surface area contributed by atoms with Gasteiger partial charge in [-0.2, -0.15) is 0 Å². The predicted molar refractivity (Wildman–Crippen MR) is 48.1 cm³/mol. The third kappa shape index (κ3) is 1.86. The minimum atomic E-state index is 0.398. The fourth-order valence-corrected chi connectivity index (χ4v) is 1.18. The molecule has 10 heavy (non-hydrogen) atoms. The lowest BCUT2D eigenvalue weighted by atomic mass is 9.77. The van der Waals surface area contributed by atoms with Crippen LogP contribution in [-0.2, 0) is 0 Å². The highest BCUT2D eigenvalue weighted by molar-refractivity contribution is 5.06. The molecular weight excluding hydrogens is 120 g/mol. The molecule has 0 heterocycles. The van der Waals surface area contributed by atoms with Crippen molar-refractivity contribution in [1.82, 2.24) is 0 Å². The van der Waals surface area contributed by atoms with E-state index in [4.69, 9.17) is 0 Å². The van der Waals surface area contributed by atoms with Crippen LogP contribution in [0.1, 0.15) is 47.0 Å². The van der Waals surface area contributed by atoms with Gasteiger partial charge < -0.3 is 0 Å². The average Bonchev–Trinajstić information content (AvgIpc) is 2.01.